The first-order valence-corrected chi connectivity index (χ1v) is 7.62. The number of hydrogen-bond donors (Lipinski definition) is 1. The summed E-state index contributed by atoms with van der Waals surface area (Å²) in [6, 6.07) is 4.82. The van der Waals surface area contributed by atoms with Crippen molar-refractivity contribution in [1.82, 2.24) is 5.27 Å². The second-order valence-corrected chi connectivity index (χ2v) is 5.99. The lowest BCUT2D eigenvalue weighted by Gasteiger charge is -2.06. The molecule has 9 heteroatoms. The fourth-order valence-electron chi connectivity index (χ4n) is 1.50. The number of nitrogens with one attached hydrogen (secondary N) is 1. The number of amides is 1. The molecule has 0 spiro atoms. The average molecular weight is 348 g/mol. The van der Waals surface area contributed by atoms with Crippen LogP contribution in [0.15, 0.2) is 27.7 Å². The summed E-state index contributed by atoms with van der Waals surface area (Å²) in [6.45, 7) is 0. The largest absolute Gasteiger partial charge is 0.538 e. The standard InChI is InChI=1S/C12H11Cl2N3O3S/c1-17-11(12(19)20-16-17)21-5-4-10(18)15-9-3-2-7(13)6-8(9)14/h2-3,6H,4-5H2,1H3,(H-,15,16,18,19). The molecule has 2 rings (SSSR count). The molecule has 0 saturated carbocycles. The summed E-state index contributed by atoms with van der Waals surface area (Å²) < 4.78 is 5.82. The van der Waals surface area contributed by atoms with E-state index < -0.39 is 5.95 Å². The van der Waals surface area contributed by atoms with E-state index in [2.05, 4.69) is 15.1 Å². The maximum atomic E-state index is 11.8. The second-order valence-electron chi connectivity index (χ2n) is 4.06. The molecule has 1 amide bonds. The normalized spacial score (nSPS) is 10.6. The van der Waals surface area contributed by atoms with Crippen molar-refractivity contribution in [3.63, 3.8) is 0 Å². The Morgan fingerprint density at radius 1 is 1.52 bits per heavy atom. The molecule has 0 fully saturated rings. The smallest absolute Gasteiger partial charge is 0.290 e. The second kappa shape index (κ2) is 7.02. The van der Waals surface area contributed by atoms with E-state index in [9.17, 15) is 9.90 Å². The van der Waals surface area contributed by atoms with Gasteiger partial charge in [-0.15, -0.1) is 0 Å². The lowest BCUT2D eigenvalue weighted by Crippen LogP contribution is -2.32. The Kier molecular flexibility index (Phi) is 5.33. The molecule has 1 aromatic carbocycles. The van der Waals surface area contributed by atoms with Gasteiger partial charge in [-0.25, -0.2) is 0 Å². The van der Waals surface area contributed by atoms with E-state index in [1.54, 1.807) is 25.2 Å². The van der Waals surface area contributed by atoms with Gasteiger partial charge in [-0.05, 0) is 18.2 Å². The number of hydrogen-bond acceptors (Lipinski definition) is 5. The van der Waals surface area contributed by atoms with Crippen LogP contribution in [0.25, 0.3) is 0 Å². The third kappa shape index (κ3) is 4.26. The Bertz CT molecular complexity index is 644. The first-order valence-electron chi connectivity index (χ1n) is 5.88. The number of halogens is 2. The molecule has 0 saturated heterocycles. The first kappa shape index (κ1) is 15.9. The van der Waals surface area contributed by atoms with Crippen molar-refractivity contribution in [3.8, 4) is 5.95 Å². The number of anilines is 1. The summed E-state index contributed by atoms with van der Waals surface area (Å²) in [5.74, 6) is -0.302. The Hall–Kier alpha value is -1.44. The molecule has 21 heavy (non-hydrogen) atoms. The topological polar surface area (TPSA) is 82.1 Å². The zero-order valence-corrected chi connectivity index (χ0v) is 13.3. The molecule has 1 aromatic heterocycles. The van der Waals surface area contributed by atoms with Crippen LogP contribution in [0.2, 0.25) is 10.0 Å². The van der Waals surface area contributed by atoms with Crippen molar-refractivity contribution in [2.24, 2.45) is 7.05 Å². The summed E-state index contributed by atoms with van der Waals surface area (Å²) >= 11 is 12.9. The number of nitrogens with zero attached hydrogens (tertiary/aromatic N) is 2. The minimum atomic E-state index is -0.511. The van der Waals surface area contributed by atoms with E-state index >= 15 is 0 Å². The number of benzene rings is 1. The van der Waals surface area contributed by atoms with E-state index in [0.717, 1.165) is 0 Å². The fourth-order valence-corrected chi connectivity index (χ4v) is 2.81. The van der Waals surface area contributed by atoms with Gasteiger partial charge in [-0.3, -0.25) is 4.79 Å². The van der Waals surface area contributed by atoms with Crippen molar-refractivity contribution in [3.05, 3.63) is 28.2 Å². The molecular weight excluding hydrogens is 337 g/mol. The number of carbonyl (C=O) groups is 1. The number of aromatic nitrogens is 2. The van der Waals surface area contributed by atoms with E-state index in [1.807, 2.05) is 0 Å². The van der Waals surface area contributed by atoms with Gasteiger partial charge >= 0.3 is 0 Å². The number of rotatable bonds is 5. The van der Waals surface area contributed by atoms with E-state index in [-0.39, 0.29) is 12.3 Å². The molecule has 112 valence electrons. The van der Waals surface area contributed by atoms with Gasteiger partial charge in [-0.2, -0.15) is 0 Å². The lowest BCUT2D eigenvalue weighted by atomic mass is 10.3. The van der Waals surface area contributed by atoms with Crippen LogP contribution in [0.1, 0.15) is 6.42 Å². The third-order valence-electron chi connectivity index (χ3n) is 2.49. The molecule has 0 unspecified atom stereocenters. The molecule has 0 radical (unpaired) electrons. The zero-order valence-electron chi connectivity index (χ0n) is 10.9. The van der Waals surface area contributed by atoms with Crippen LogP contribution in [0, 0.1) is 0 Å². The molecule has 0 atom stereocenters. The van der Waals surface area contributed by atoms with Crippen LogP contribution < -0.4 is 15.1 Å². The van der Waals surface area contributed by atoms with Gasteiger partial charge in [0.05, 0.1) is 16.0 Å². The van der Waals surface area contributed by atoms with Gasteiger partial charge in [-0.1, -0.05) is 39.6 Å². The Morgan fingerprint density at radius 2 is 2.29 bits per heavy atom. The van der Waals surface area contributed by atoms with Gasteiger partial charge in [0.2, 0.25) is 5.91 Å². The van der Waals surface area contributed by atoms with Crippen LogP contribution in [-0.4, -0.2) is 16.9 Å². The molecule has 0 aliphatic rings. The van der Waals surface area contributed by atoms with Crippen molar-refractivity contribution >= 4 is 46.6 Å². The monoisotopic (exact) mass is 347 g/mol. The molecule has 1 N–H and O–H groups in total. The van der Waals surface area contributed by atoms with Gasteiger partial charge in [0.25, 0.3) is 5.03 Å². The minimum absolute atomic E-state index is 0.210. The van der Waals surface area contributed by atoms with E-state index in [1.165, 1.54) is 16.4 Å². The number of carbonyl (C=O) groups excluding carboxylic acids is 1. The van der Waals surface area contributed by atoms with Crippen LogP contribution in [0.5, 0.6) is 5.95 Å². The van der Waals surface area contributed by atoms with Gasteiger partial charge in [0, 0.05) is 17.2 Å². The Balaban J connectivity index is 1.85. The van der Waals surface area contributed by atoms with Crippen LogP contribution in [0.3, 0.4) is 0 Å². The average Bonchev–Trinajstić information content (AvgIpc) is 2.74. The molecule has 0 bridgehead atoms. The number of aryl methyl sites for hydroxylation is 1. The number of thioether (sulfide) groups is 1. The Morgan fingerprint density at radius 3 is 2.90 bits per heavy atom. The summed E-state index contributed by atoms with van der Waals surface area (Å²) in [5, 5.41) is 18.7. The van der Waals surface area contributed by atoms with E-state index in [4.69, 9.17) is 23.2 Å². The summed E-state index contributed by atoms with van der Waals surface area (Å²) in [6.07, 6.45) is 0.217. The highest BCUT2D eigenvalue weighted by Crippen LogP contribution is 2.26. The highest BCUT2D eigenvalue weighted by Gasteiger charge is 2.14. The van der Waals surface area contributed by atoms with Gasteiger partial charge in [0.1, 0.15) is 0 Å². The Labute approximate surface area is 135 Å². The highest BCUT2D eigenvalue weighted by atomic mass is 35.5. The molecule has 0 aliphatic carbocycles. The third-order valence-corrected chi connectivity index (χ3v) is 4.15. The lowest BCUT2D eigenvalue weighted by molar-refractivity contribution is -0.772. The molecule has 1 heterocycles. The zero-order chi connectivity index (χ0) is 15.4. The van der Waals surface area contributed by atoms with Crippen molar-refractivity contribution in [1.29, 1.82) is 0 Å². The first-order chi connectivity index (χ1) is 9.97. The minimum Gasteiger partial charge on any atom is -0.538 e. The SMILES string of the molecule is C[n+]1noc([O-])c1SCCC(=O)Nc1ccc(Cl)cc1Cl. The predicted octanol–water partition coefficient (Wildman–Crippen LogP) is 2.00. The van der Waals surface area contributed by atoms with Gasteiger partial charge < -0.3 is 14.9 Å². The molecular formula is C12H11Cl2N3O3S. The summed E-state index contributed by atoms with van der Waals surface area (Å²) in [7, 11) is 1.60. The van der Waals surface area contributed by atoms with Gasteiger partial charge in [0.15, 0.2) is 13.0 Å². The predicted molar refractivity (Wildman–Crippen MR) is 77.6 cm³/mol. The molecule has 6 nitrogen and oxygen atoms in total. The van der Waals surface area contributed by atoms with Crippen molar-refractivity contribution in [2.75, 3.05) is 11.1 Å². The van der Waals surface area contributed by atoms with E-state index in [0.29, 0.717) is 26.5 Å². The van der Waals surface area contributed by atoms with Crippen molar-refractivity contribution in [2.45, 2.75) is 11.4 Å². The van der Waals surface area contributed by atoms with Crippen LogP contribution in [-0.2, 0) is 11.8 Å². The maximum Gasteiger partial charge on any atom is 0.290 e. The molecule has 2 aromatic rings. The molecule has 0 aliphatic heterocycles. The fraction of sp³-hybridized carbons (Fsp3) is 0.250. The quantitative estimate of drug-likeness (QED) is 0.660. The highest BCUT2D eigenvalue weighted by molar-refractivity contribution is 7.99. The summed E-state index contributed by atoms with van der Waals surface area (Å²) in [5.41, 5.74) is 0.496. The van der Waals surface area contributed by atoms with Crippen molar-refractivity contribution < 1.29 is 19.1 Å². The van der Waals surface area contributed by atoms with Crippen LogP contribution >= 0.6 is 35.0 Å². The maximum absolute atomic E-state index is 11.8. The summed E-state index contributed by atoms with van der Waals surface area (Å²) in [4.78, 5) is 11.8. The van der Waals surface area contributed by atoms with Crippen LogP contribution in [0.4, 0.5) is 5.69 Å².